The highest BCUT2D eigenvalue weighted by molar-refractivity contribution is 6.11. The van der Waals surface area contributed by atoms with E-state index < -0.39 is 11.9 Å². The molecule has 2 aromatic rings. The first-order valence-corrected chi connectivity index (χ1v) is 8.53. The normalized spacial score (nSPS) is 14.8. The molecular formula is C19H21N2O4. The number of oxazole rings is 1. The lowest BCUT2D eigenvalue weighted by atomic mass is 9.90. The Bertz CT molecular complexity index is 720. The number of aliphatic carboxylic acids is 1. The van der Waals surface area contributed by atoms with Gasteiger partial charge in [-0.05, 0) is 18.8 Å². The van der Waals surface area contributed by atoms with Crippen molar-refractivity contribution in [1.82, 2.24) is 10.3 Å². The maximum absolute atomic E-state index is 12.2. The van der Waals surface area contributed by atoms with Gasteiger partial charge in [0.2, 0.25) is 5.91 Å². The second kappa shape index (κ2) is 7.96. The van der Waals surface area contributed by atoms with Gasteiger partial charge in [0.25, 0.3) is 0 Å². The lowest BCUT2D eigenvalue weighted by Crippen LogP contribution is -2.38. The fourth-order valence-electron chi connectivity index (χ4n) is 3.22. The summed E-state index contributed by atoms with van der Waals surface area (Å²) < 4.78 is 5.42. The highest BCUT2D eigenvalue weighted by Gasteiger charge is 2.37. The van der Waals surface area contributed by atoms with E-state index in [0.717, 1.165) is 36.9 Å². The van der Waals surface area contributed by atoms with Crippen LogP contribution in [-0.2, 0) is 16.0 Å². The van der Waals surface area contributed by atoms with Crippen molar-refractivity contribution in [3.05, 3.63) is 48.4 Å². The molecule has 2 N–H and O–H groups in total. The molecule has 0 bridgehead atoms. The predicted molar refractivity (Wildman–Crippen MR) is 91.5 cm³/mol. The van der Waals surface area contributed by atoms with E-state index in [4.69, 9.17) is 4.42 Å². The largest absolute Gasteiger partial charge is 0.480 e. The van der Waals surface area contributed by atoms with E-state index in [2.05, 4.69) is 10.3 Å². The van der Waals surface area contributed by atoms with Crippen molar-refractivity contribution in [1.29, 1.82) is 0 Å². The fraction of sp³-hybridized carbons (Fsp3) is 0.368. The van der Waals surface area contributed by atoms with Gasteiger partial charge >= 0.3 is 5.97 Å². The third-order valence-electron chi connectivity index (χ3n) is 4.48. The molecule has 0 unspecified atom stereocenters. The van der Waals surface area contributed by atoms with E-state index in [-0.39, 0.29) is 18.4 Å². The van der Waals surface area contributed by atoms with Crippen molar-refractivity contribution >= 4 is 11.9 Å². The Morgan fingerprint density at radius 2 is 1.92 bits per heavy atom. The Balaban J connectivity index is 1.53. The Hall–Kier alpha value is -2.63. The minimum Gasteiger partial charge on any atom is -0.480 e. The number of amides is 1. The number of nitrogens with one attached hydrogen (secondary N) is 1. The van der Waals surface area contributed by atoms with E-state index in [1.54, 1.807) is 6.26 Å². The molecule has 3 rings (SSSR count). The fourth-order valence-corrected chi connectivity index (χ4v) is 3.22. The first-order chi connectivity index (χ1) is 12.1. The zero-order chi connectivity index (χ0) is 17.6. The molecule has 1 fully saturated rings. The minimum absolute atomic E-state index is 0.0186. The van der Waals surface area contributed by atoms with Gasteiger partial charge in [0.05, 0.1) is 0 Å². The molecule has 0 saturated heterocycles. The van der Waals surface area contributed by atoms with Crippen LogP contribution in [0.2, 0.25) is 0 Å². The van der Waals surface area contributed by atoms with Gasteiger partial charge in [0, 0.05) is 18.5 Å². The smallest absolute Gasteiger partial charge is 0.321 e. The standard InChI is InChI=1S/C19H21N2O4/c22-18(17(19(23)24)14-8-4-5-9-14)20-11-10-16-21-15(12-25-16)13-6-2-1-3-7-13/h1-3,6-7,12,14H,4-5,8-11H2,(H,20,22)(H,23,24). The quantitative estimate of drug-likeness (QED) is 0.756. The lowest BCUT2D eigenvalue weighted by Gasteiger charge is -2.17. The SMILES string of the molecule is O=C(O)[C](C(=O)NCCc1nc(-c2ccccc2)co1)C1CCCC1. The van der Waals surface area contributed by atoms with Crippen LogP contribution in [-0.4, -0.2) is 28.5 Å². The van der Waals surface area contributed by atoms with Gasteiger partial charge in [0.15, 0.2) is 11.8 Å². The molecule has 0 atom stereocenters. The number of aromatic nitrogens is 1. The summed E-state index contributed by atoms with van der Waals surface area (Å²) >= 11 is 0. The molecule has 1 aromatic carbocycles. The van der Waals surface area contributed by atoms with E-state index in [1.807, 2.05) is 30.3 Å². The summed E-state index contributed by atoms with van der Waals surface area (Å²) in [6.45, 7) is 0.289. The van der Waals surface area contributed by atoms with Crippen LogP contribution in [0.25, 0.3) is 11.3 Å². The number of carbonyl (C=O) groups is 2. The van der Waals surface area contributed by atoms with Gasteiger partial charge in [0.1, 0.15) is 12.0 Å². The van der Waals surface area contributed by atoms with Gasteiger partial charge in [-0.25, -0.2) is 4.98 Å². The number of carboxylic acids is 1. The zero-order valence-corrected chi connectivity index (χ0v) is 13.9. The highest BCUT2D eigenvalue weighted by atomic mass is 16.4. The number of benzene rings is 1. The molecule has 131 valence electrons. The summed E-state index contributed by atoms with van der Waals surface area (Å²) in [5.41, 5.74) is 1.70. The summed E-state index contributed by atoms with van der Waals surface area (Å²) in [4.78, 5) is 28.0. The van der Waals surface area contributed by atoms with Crippen LogP contribution in [0.15, 0.2) is 41.0 Å². The third-order valence-corrected chi connectivity index (χ3v) is 4.48. The monoisotopic (exact) mass is 341 g/mol. The molecule has 6 heteroatoms. The molecule has 1 radical (unpaired) electrons. The topological polar surface area (TPSA) is 92.4 Å². The van der Waals surface area contributed by atoms with Gasteiger partial charge in [-0.1, -0.05) is 43.2 Å². The first-order valence-electron chi connectivity index (χ1n) is 8.53. The number of nitrogens with zero attached hydrogens (tertiary/aromatic N) is 1. The van der Waals surface area contributed by atoms with Crippen LogP contribution in [0.5, 0.6) is 0 Å². The summed E-state index contributed by atoms with van der Waals surface area (Å²) in [6.07, 6.45) is 5.50. The minimum atomic E-state index is -1.12. The van der Waals surface area contributed by atoms with Crippen molar-refractivity contribution < 1.29 is 19.1 Å². The van der Waals surface area contributed by atoms with Crippen LogP contribution in [0.1, 0.15) is 31.6 Å². The van der Waals surface area contributed by atoms with Crippen molar-refractivity contribution in [2.75, 3.05) is 6.54 Å². The Morgan fingerprint density at radius 1 is 1.20 bits per heavy atom. The van der Waals surface area contributed by atoms with Crippen molar-refractivity contribution in [3.63, 3.8) is 0 Å². The zero-order valence-electron chi connectivity index (χ0n) is 13.9. The molecule has 1 heterocycles. The predicted octanol–water partition coefficient (Wildman–Crippen LogP) is 2.85. The lowest BCUT2D eigenvalue weighted by molar-refractivity contribution is -0.139. The van der Waals surface area contributed by atoms with Crippen molar-refractivity contribution in [2.24, 2.45) is 5.92 Å². The molecule has 25 heavy (non-hydrogen) atoms. The molecule has 1 aromatic heterocycles. The number of hydrogen-bond donors (Lipinski definition) is 2. The molecule has 1 amide bonds. The van der Waals surface area contributed by atoms with Gasteiger partial charge in [-0.2, -0.15) is 0 Å². The first kappa shape index (κ1) is 17.2. The highest BCUT2D eigenvalue weighted by Crippen LogP contribution is 2.33. The number of carbonyl (C=O) groups excluding carboxylic acids is 1. The molecule has 0 spiro atoms. The Morgan fingerprint density at radius 3 is 2.60 bits per heavy atom. The Kier molecular flexibility index (Phi) is 5.48. The Labute approximate surface area is 146 Å². The average Bonchev–Trinajstić information content (AvgIpc) is 3.28. The van der Waals surface area contributed by atoms with Crippen molar-refractivity contribution in [3.8, 4) is 11.3 Å². The van der Waals surface area contributed by atoms with Gasteiger partial charge < -0.3 is 14.8 Å². The van der Waals surface area contributed by atoms with E-state index in [9.17, 15) is 14.7 Å². The van der Waals surface area contributed by atoms with Crippen LogP contribution >= 0.6 is 0 Å². The third kappa shape index (κ3) is 4.26. The van der Waals surface area contributed by atoms with Crippen molar-refractivity contribution in [2.45, 2.75) is 32.1 Å². The summed E-state index contributed by atoms with van der Waals surface area (Å²) in [5.74, 6) is -1.25. The van der Waals surface area contributed by atoms with Gasteiger partial charge in [-0.3, -0.25) is 9.59 Å². The molecule has 1 aliphatic rings. The molecule has 1 aliphatic carbocycles. The van der Waals surface area contributed by atoms with E-state index in [0.29, 0.717) is 12.3 Å². The maximum Gasteiger partial charge on any atom is 0.321 e. The number of rotatable bonds is 7. The van der Waals surface area contributed by atoms with Crippen LogP contribution in [0, 0.1) is 11.8 Å². The molecular weight excluding hydrogens is 320 g/mol. The second-order valence-corrected chi connectivity index (χ2v) is 6.20. The number of hydrogen-bond acceptors (Lipinski definition) is 4. The van der Waals surface area contributed by atoms with Crippen LogP contribution in [0.4, 0.5) is 0 Å². The molecule has 1 saturated carbocycles. The van der Waals surface area contributed by atoms with E-state index >= 15 is 0 Å². The summed E-state index contributed by atoms with van der Waals surface area (Å²) in [6, 6.07) is 9.67. The van der Waals surface area contributed by atoms with E-state index in [1.165, 1.54) is 0 Å². The molecule has 6 nitrogen and oxygen atoms in total. The average molecular weight is 341 g/mol. The van der Waals surface area contributed by atoms with Gasteiger partial charge in [-0.15, -0.1) is 0 Å². The second-order valence-electron chi connectivity index (χ2n) is 6.20. The van der Waals surface area contributed by atoms with Crippen LogP contribution < -0.4 is 5.32 Å². The summed E-state index contributed by atoms with van der Waals surface area (Å²) in [5, 5.41) is 12.0. The number of carboxylic acid groups (broad SMARTS) is 1. The maximum atomic E-state index is 12.2. The molecule has 0 aliphatic heterocycles. The van der Waals surface area contributed by atoms with Crippen LogP contribution in [0.3, 0.4) is 0 Å². The summed E-state index contributed by atoms with van der Waals surface area (Å²) in [7, 11) is 0.